The van der Waals surface area contributed by atoms with Gasteiger partial charge in [-0.15, -0.1) is 11.3 Å². The van der Waals surface area contributed by atoms with Crippen LogP contribution in [0.5, 0.6) is 5.75 Å². The Labute approximate surface area is 183 Å². The quantitative estimate of drug-likeness (QED) is 0.657. The maximum atomic E-state index is 13.6. The maximum Gasteiger partial charge on any atom is 0.471 e. The smallest absolute Gasteiger partial charge is 0.471 e. The highest BCUT2D eigenvalue weighted by atomic mass is 32.1. The van der Waals surface area contributed by atoms with Gasteiger partial charge >= 0.3 is 12.1 Å². The predicted octanol–water partition coefficient (Wildman–Crippen LogP) is 5.15. The molecule has 3 rings (SSSR count). The van der Waals surface area contributed by atoms with Gasteiger partial charge in [0.25, 0.3) is 0 Å². The maximum absolute atomic E-state index is 13.6. The summed E-state index contributed by atoms with van der Waals surface area (Å²) >= 11 is 1.20. The number of alkyl halides is 3. The second-order valence-electron chi connectivity index (χ2n) is 7.57. The van der Waals surface area contributed by atoms with Crippen molar-refractivity contribution in [3.05, 3.63) is 46.2 Å². The van der Waals surface area contributed by atoms with E-state index >= 15 is 0 Å². The van der Waals surface area contributed by atoms with Gasteiger partial charge in [-0.05, 0) is 56.2 Å². The molecule has 1 heterocycles. The first-order chi connectivity index (χ1) is 14.7. The average molecular weight is 455 g/mol. The Balaban J connectivity index is 2.04. The van der Waals surface area contributed by atoms with Crippen LogP contribution in [0.4, 0.5) is 18.9 Å². The summed E-state index contributed by atoms with van der Waals surface area (Å²) in [6, 6.07) is 7.42. The van der Waals surface area contributed by atoms with E-state index in [4.69, 9.17) is 4.74 Å². The fourth-order valence-corrected chi connectivity index (χ4v) is 4.73. The summed E-state index contributed by atoms with van der Waals surface area (Å²) < 4.78 is 45.8. The summed E-state index contributed by atoms with van der Waals surface area (Å²) in [6.07, 6.45) is -0.607. The van der Waals surface area contributed by atoms with E-state index in [1.807, 2.05) is 0 Å². The van der Waals surface area contributed by atoms with Crippen LogP contribution < -0.4 is 15.0 Å². The van der Waals surface area contributed by atoms with E-state index < -0.39 is 24.0 Å². The Morgan fingerprint density at radius 2 is 1.74 bits per heavy atom. The zero-order valence-electron chi connectivity index (χ0n) is 17.4. The Kier molecular flexibility index (Phi) is 7.25. The molecule has 1 aromatic carbocycles. The Morgan fingerprint density at radius 3 is 2.26 bits per heavy atom. The number of anilines is 1. The molecule has 1 aromatic heterocycles. The predicted molar refractivity (Wildman–Crippen MR) is 113 cm³/mol. The van der Waals surface area contributed by atoms with Crippen LogP contribution >= 0.6 is 11.3 Å². The number of thiophene rings is 1. The van der Waals surface area contributed by atoms with E-state index in [1.165, 1.54) is 42.7 Å². The third-order valence-corrected chi connectivity index (χ3v) is 6.35. The van der Waals surface area contributed by atoms with Gasteiger partial charge in [0.05, 0.1) is 7.11 Å². The van der Waals surface area contributed by atoms with Crippen LogP contribution in [0.1, 0.15) is 47.9 Å². The minimum Gasteiger partial charge on any atom is -0.497 e. The van der Waals surface area contributed by atoms with Crippen molar-refractivity contribution < 1.29 is 27.5 Å². The van der Waals surface area contributed by atoms with Crippen LogP contribution in [0.25, 0.3) is 0 Å². The van der Waals surface area contributed by atoms with E-state index in [1.54, 1.807) is 19.1 Å². The van der Waals surface area contributed by atoms with Gasteiger partial charge in [-0.25, -0.2) is 0 Å². The first-order valence-electron chi connectivity index (χ1n) is 10.1. The lowest BCUT2D eigenvalue weighted by atomic mass is 9.95. The van der Waals surface area contributed by atoms with Gasteiger partial charge in [-0.3, -0.25) is 14.5 Å². The second-order valence-corrected chi connectivity index (χ2v) is 8.88. The summed E-state index contributed by atoms with van der Waals surface area (Å²) in [6.45, 7) is 1.80. The highest BCUT2D eigenvalue weighted by Crippen LogP contribution is 2.36. The Bertz CT molecular complexity index is 905. The number of halogens is 3. The van der Waals surface area contributed by atoms with Crippen molar-refractivity contribution in [2.24, 2.45) is 0 Å². The minimum atomic E-state index is -5.14. The Hall–Kier alpha value is -2.55. The molecule has 9 heteroatoms. The third kappa shape index (κ3) is 5.58. The van der Waals surface area contributed by atoms with Gasteiger partial charge in [0.2, 0.25) is 5.91 Å². The number of benzene rings is 1. The highest BCUT2D eigenvalue weighted by Gasteiger charge is 2.48. The topological polar surface area (TPSA) is 58.6 Å². The minimum absolute atomic E-state index is 0.0297. The van der Waals surface area contributed by atoms with Gasteiger partial charge in [0.15, 0.2) is 6.04 Å². The lowest BCUT2D eigenvalue weighted by Crippen LogP contribution is -2.50. The lowest BCUT2D eigenvalue weighted by Gasteiger charge is -2.33. The number of aryl methyl sites for hydroxylation is 1. The van der Waals surface area contributed by atoms with Crippen LogP contribution in [-0.2, 0) is 9.59 Å². The van der Waals surface area contributed by atoms with Gasteiger partial charge in [-0.1, -0.05) is 19.3 Å². The van der Waals surface area contributed by atoms with Crippen LogP contribution in [-0.4, -0.2) is 31.1 Å². The first-order valence-corrected chi connectivity index (χ1v) is 10.9. The van der Waals surface area contributed by atoms with Crippen molar-refractivity contribution in [1.82, 2.24) is 5.32 Å². The second kappa shape index (κ2) is 9.72. The fraction of sp³-hybridized carbons (Fsp3) is 0.455. The number of nitrogens with zero attached hydrogens (tertiary/aromatic N) is 1. The molecule has 0 saturated heterocycles. The van der Waals surface area contributed by atoms with E-state index in [0.717, 1.165) is 37.0 Å². The fourth-order valence-electron chi connectivity index (χ4n) is 3.76. The average Bonchev–Trinajstić information content (AvgIpc) is 3.17. The molecule has 1 saturated carbocycles. The molecule has 0 bridgehead atoms. The standard InChI is InChI=1S/C22H25F3N2O3S/c1-14-8-13-18(31-14)19(20(28)26-15-6-4-3-5-7-15)27(21(29)22(23,24)25)16-9-11-17(30-2)12-10-16/h8-13,15,19H,3-7H2,1-2H3,(H,26,28)/t19-/m1/s1. The van der Waals surface area contributed by atoms with E-state index in [0.29, 0.717) is 15.5 Å². The molecule has 168 valence electrons. The van der Waals surface area contributed by atoms with Crippen molar-refractivity contribution in [2.75, 3.05) is 12.0 Å². The molecule has 2 amide bonds. The van der Waals surface area contributed by atoms with E-state index in [2.05, 4.69) is 5.32 Å². The molecule has 0 spiro atoms. The molecule has 0 aliphatic heterocycles. The summed E-state index contributed by atoms with van der Waals surface area (Å²) in [5.41, 5.74) is -0.0297. The van der Waals surface area contributed by atoms with Crippen molar-refractivity contribution in [3.63, 3.8) is 0 Å². The third-order valence-electron chi connectivity index (χ3n) is 5.30. The van der Waals surface area contributed by atoms with Crippen molar-refractivity contribution in [1.29, 1.82) is 0 Å². The van der Waals surface area contributed by atoms with Crippen LogP contribution in [0.3, 0.4) is 0 Å². The molecular weight excluding hydrogens is 429 g/mol. The van der Waals surface area contributed by atoms with Crippen molar-refractivity contribution >= 4 is 28.8 Å². The number of rotatable bonds is 6. The number of hydrogen-bond acceptors (Lipinski definition) is 4. The lowest BCUT2D eigenvalue weighted by molar-refractivity contribution is -0.171. The molecule has 2 aromatic rings. The summed E-state index contributed by atoms with van der Waals surface area (Å²) in [5, 5.41) is 2.89. The summed E-state index contributed by atoms with van der Waals surface area (Å²) in [7, 11) is 1.43. The van der Waals surface area contributed by atoms with E-state index in [-0.39, 0.29) is 11.7 Å². The van der Waals surface area contributed by atoms with Gasteiger partial charge in [0.1, 0.15) is 5.75 Å². The van der Waals surface area contributed by atoms with Crippen LogP contribution in [0, 0.1) is 6.92 Å². The molecule has 0 radical (unpaired) electrons. The normalized spacial score (nSPS) is 15.9. The number of hydrogen-bond donors (Lipinski definition) is 1. The van der Waals surface area contributed by atoms with Crippen molar-refractivity contribution in [3.8, 4) is 5.75 Å². The molecule has 1 N–H and O–H groups in total. The zero-order valence-corrected chi connectivity index (χ0v) is 18.2. The molecule has 0 unspecified atom stereocenters. The monoisotopic (exact) mass is 454 g/mol. The molecule has 1 atom stereocenters. The van der Waals surface area contributed by atoms with Gasteiger partial charge in [0, 0.05) is 21.5 Å². The zero-order chi connectivity index (χ0) is 22.6. The van der Waals surface area contributed by atoms with Crippen molar-refractivity contribution in [2.45, 2.75) is 57.3 Å². The highest BCUT2D eigenvalue weighted by molar-refractivity contribution is 7.12. The molecule has 1 fully saturated rings. The summed E-state index contributed by atoms with van der Waals surface area (Å²) in [5.74, 6) is -2.27. The number of amides is 2. The number of nitrogens with one attached hydrogen (secondary N) is 1. The molecular formula is C22H25F3N2O3S. The van der Waals surface area contributed by atoms with Crippen LogP contribution in [0.15, 0.2) is 36.4 Å². The number of methoxy groups -OCH3 is 1. The first kappa shape index (κ1) is 23.1. The summed E-state index contributed by atoms with van der Waals surface area (Å²) in [4.78, 5) is 27.6. The molecule has 1 aliphatic carbocycles. The number of carbonyl (C=O) groups excluding carboxylic acids is 2. The van der Waals surface area contributed by atoms with Gasteiger partial charge in [-0.2, -0.15) is 13.2 Å². The van der Waals surface area contributed by atoms with E-state index in [9.17, 15) is 22.8 Å². The number of ether oxygens (including phenoxy) is 1. The number of carbonyl (C=O) groups is 2. The Morgan fingerprint density at radius 1 is 1.10 bits per heavy atom. The molecule has 31 heavy (non-hydrogen) atoms. The van der Waals surface area contributed by atoms with Gasteiger partial charge < -0.3 is 10.1 Å². The molecule has 1 aliphatic rings. The molecule has 5 nitrogen and oxygen atoms in total. The largest absolute Gasteiger partial charge is 0.497 e. The van der Waals surface area contributed by atoms with Crippen LogP contribution in [0.2, 0.25) is 0 Å². The SMILES string of the molecule is COc1ccc(N(C(=O)C(F)(F)F)[C@@H](C(=O)NC2CCCCC2)c2ccc(C)s2)cc1.